The van der Waals surface area contributed by atoms with E-state index >= 15 is 0 Å². The van der Waals surface area contributed by atoms with Crippen LogP contribution in [0.25, 0.3) is 0 Å². The lowest BCUT2D eigenvalue weighted by Gasteiger charge is -2.33. The van der Waals surface area contributed by atoms with Gasteiger partial charge in [0, 0.05) is 30.7 Å². The molecule has 1 aromatic carbocycles. The largest absolute Gasteiger partial charge is 0.472 e. The van der Waals surface area contributed by atoms with Crippen LogP contribution in [0.5, 0.6) is 0 Å². The molecule has 0 aliphatic carbocycles. The third kappa shape index (κ3) is 4.68. The van der Waals surface area contributed by atoms with Gasteiger partial charge in [-0.1, -0.05) is 11.6 Å². The Bertz CT molecular complexity index is 647. The Morgan fingerprint density at radius 1 is 1.38 bits per heavy atom. The number of aliphatic imine (C=N–C) groups is 1. The average molecular weight is 359 g/mol. The molecule has 1 N–H and O–H groups in total. The van der Waals surface area contributed by atoms with E-state index in [2.05, 4.69) is 4.99 Å². The van der Waals surface area contributed by atoms with Gasteiger partial charge in [0.05, 0.1) is 11.6 Å². The van der Waals surface area contributed by atoms with Crippen molar-refractivity contribution in [1.82, 2.24) is 4.90 Å². The first kappa shape index (κ1) is 18.7. The van der Waals surface area contributed by atoms with Crippen molar-refractivity contribution in [2.75, 3.05) is 13.2 Å². The van der Waals surface area contributed by atoms with E-state index in [1.54, 1.807) is 0 Å². The van der Waals surface area contributed by atoms with Gasteiger partial charge in [-0.2, -0.15) is 4.99 Å². The van der Waals surface area contributed by atoms with E-state index in [0.717, 1.165) is 11.9 Å². The molecule has 0 unspecified atom stereocenters. The zero-order valence-electron chi connectivity index (χ0n) is 13.7. The number of hydrogen-bond acceptors (Lipinski definition) is 4. The molecule has 7 heteroatoms. The summed E-state index contributed by atoms with van der Waals surface area (Å²) < 4.78 is 32.2. The van der Waals surface area contributed by atoms with Crippen molar-refractivity contribution in [1.29, 1.82) is 0 Å². The molecule has 0 saturated carbocycles. The molecule has 1 aliphatic heterocycles. The fourth-order valence-electron chi connectivity index (χ4n) is 2.36. The van der Waals surface area contributed by atoms with Crippen molar-refractivity contribution >= 4 is 17.4 Å². The summed E-state index contributed by atoms with van der Waals surface area (Å²) in [7, 11) is 0. The van der Waals surface area contributed by atoms with Crippen molar-refractivity contribution < 1.29 is 18.6 Å². The van der Waals surface area contributed by atoms with Crippen LogP contribution < -0.4 is 0 Å². The Hall–Kier alpha value is -1.66. The first-order chi connectivity index (χ1) is 11.4. The Balaban J connectivity index is 2.13. The van der Waals surface area contributed by atoms with Gasteiger partial charge in [-0.3, -0.25) is 0 Å². The van der Waals surface area contributed by atoms with Crippen molar-refractivity contribution in [3.8, 4) is 0 Å². The lowest BCUT2D eigenvalue weighted by atomic mass is 10.2. The molecule has 0 amide bonds. The minimum Gasteiger partial charge on any atom is -0.472 e. The van der Waals surface area contributed by atoms with Crippen LogP contribution in [-0.4, -0.2) is 35.0 Å². The SMILES string of the molecule is CC(C)N1CC(Cl)=C(OCc2ccc(F)cc2F)N=C1CCCO. The van der Waals surface area contributed by atoms with Crippen LogP contribution in [-0.2, 0) is 11.3 Å². The lowest BCUT2D eigenvalue weighted by Crippen LogP contribution is -2.40. The van der Waals surface area contributed by atoms with Gasteiger partial charge < -0.3 is 14.7 Å². The van der Waals surface area contributed by atoms with Gasteiger partial charge in [0.25, 0.3) is 0 Å². The number of halogens is 3. The van der Waals surface area contributed by atoms with Crippen LogP contribution in [0.3, 0.4) is 0 Å². The minimum atomic E-state index is -0.671. The van der Waals surface area contributed by atoms with Crippen LogP contribution in [0.1, 0.15) is 32.3 Å². The smallest absolute Gasteiger partial charge is 0.232 e. The number of aliphatic hydroxyl groups is 1. The first-order valence-corrected chi connectivity index (χ1v) is 8.20. The van der Waals surface area contributed by atoms with E-state index in [-0.39, 0.29) is 30.7 Å². The lowest BCUT2D eigenvalue weighted by molar-refractivity contribution is 0.184. The number of hydrogen-bond donors (Lipinski definition) is 1. The summed E-state index contributed by atoms with van der Waals surface area (Å²) in [6.07, 6.45) is 1.18. The maximum absolute atomic E-state index is 13.7. The quantitative estimate of drug-likeness (QED) is 0.806. The Labute approximate surface area is 145 Å². The number of ether oxygens (including phenoxy) is 1. The van der Waals surface area contributed by atoms with E-state index in [1.807, 2.05) is 18.7 Å². The van der Waals surface area contributed by atoms with Crippen LogP contribution >= 0.6 is 11.6 Å². The van der Waals surface area contributed by atoms with E-state index < -0.39 is 11.6 Å². The second-order valence-electron chi connectivity index (χ2n) is 5.81. The van der Waals surface area contributed by atoms with Crippen LogP contribution in [0.4, 0.5) is 8.78 Å². The fourth-order valence-corrected chi connectivity index (χ4v) is 2.59. The number of nitrogens with zero attached hydrogens (tertiary/aromatic N) is 2. The molecule has 4 nitrogen and oxygen atoms in total. The highest BCUT2D eigenvalue weighted by molar-refractivity contribution is 6.30. The molecule has 0 bridgehead atoms. The van der Waals surface area contributed by atoms with Gasteiger partial charge in [-0.15, -0.1) is 0 Å². The maximum atomic E-state index is 13.7. The first-order valence-electron chi connectivity index (χ1n) is 7.82. The van der Waals surface area contributed by atoms with Gasteiger partial charge in [-0.05, 0) is 32.4 Å². The fraction of sp³-hybridized carbons (Fsp3) is 0.471. The summed E-state index contributed by atoms with van der Waals surface area (Å²) >= 11 is 6.25. The highest BCUT2D eigenvalue weighted by atomic mass is 35.5. The van der Waals surface area contributed by atoms with Gasteiger partial charge in [-0.25, -0.2) is 8.78 Å². The molecule has 1 aromatic rings. The molecule has 1 aliphatic rings. The number of amidine groups is 1. The molecule has 0 spiro atoms. The number of rotatable bonds is 7. The van der Waals surface area contributed by atoms with Crippen molar-refractivity contribution in [2.45, 2.75) is 39.3 Å². The molecule has 24 heavy (non-hydrogen) atoms. The Kier molecular flexibility index (Phi) is 6.57. The van der Waals surface area contributed by atoms with Crippen LogP contribution in [0, 0.1) is 11.6 Å². The summed E-state index contributed by atoms with van der Waals surface area (Å²) in [4.78, 5) is 6.46. The summed E-state index contributed by atoms with van der Waals surface area (Å²) in [6.45, 7) is 4.48. The normalized spacial score (nSPS) is 15.1. The van der Waals surface area contributed by atoms with Crippen LogP contribution in [0.2, 0.25) is 0 Å². The molecule has 0 radical (unpaired) electrons. The summed E-state index contributed by atoms with van der Waals surface area (Å²) in [5.74, 6) is -0.290. The number of benzene rings is 1. The Morgan fingerprint density at radius 3 is 2.75 bits per heavy atom. The molecule has 0 saturated heterocycles. The van der Waals surface area contributed by atoms with Gasteiger partial charge in [0.15, 0.2) is 0 Å². The minimum absolute atomic E-state index is 0.0688. The number of aliphatic hydroxyl groups excluding tert-OH is 1. The second-order valence-corrected chi connectivity index (χ2v) is 6.27. The summed E-state index contributed by atoms with van der Waals surface area (Å²) in [6, 6.07) is 3.52. The highest BCUT2D eigenvalue weighted by Gasteiger charge is 2.24. The second kappa shape index (κ2) is 8.44. The molecule has 0 aromatic heterocycles. The van der Waals surface area contributed by atoms with Crippen molar-refractivity contribution in [2.24, 2.45) is 4.99 Å². The van der Waals surface area contributed by atoms with Gasteiger partial charge >= 0.3 is 0 Å². The molecule has 0 atom stereocenters. The topological polar surface area (TPSA) is 45.1 Å². The molecule has 0 fully saturated rings. The van der Waals surface area contributed by atoms with Crippen molar-refractivity contribution in [3.05, 3.63) is 46.3 Å². The Morgan fingerprint density at radius 2 is 2.12 bits per heavy atom. The van der Waals surface area contributed by atoms with E-state index in [4.69, 9.17) is 21.4 Å². The third-order valence-corrected chi connectivity index (χ3v) is 3.95. The molecular formula is C17H21ClF2N2O2. The van der Waals surface area contributed by atoms with Gasteiger partial charge in [0.1, 0.15) is 24.1 Å². The van der Waals surface area contributed by atoms with E-state index in [0.29, 0.717) is 24.4 Å². The molecule has 2 rings (SSSR count). The van der Waals surface area contributed by atoms with Gasteiger partial charge in [0.2, 0.25) is 5.88 Å². The molecule has 1 heterocycles. The summed E-state index contributed by atoms with van der Waals surface area (Å²) in [5, 5.41) is 9.46. The standard InChI is InChI=1S/C17H21ClF2N2O2/c1-11(2)22-9-14(18)17(21-16(22)4-3-7-23)24-10-12-5-6-13(19)8-15(12)20/h5-6,8,11,23H,3-4,7,9-10H2,1-2H3. The third-order valence-electron chi connectivity index (χ3n) is 3.66. The summed E-state index contributed by atoms with van der Waals surface area (Å²) in [5.41, 5.74) is 0.228. The van der Waals surface area contributed by atoms with Crippen molar-refractivity contribution in [3.63, 3.8) is 0 Å². The average Bonchev–Trinajstić information content (AvgIpc) is 2.53. The monoisotopic (exact) mass is 358 g/mol. The predicted molar refractivity (Wildman–Crippen MR) is 89.6 cm³/mol. The van der Waals surface area contributed by atoms with Crippen LogP contribution in [0.15, 0.2) is 34.1 Å². The highest BCUT2D eigenvalue weighted by Crippen LogP contribution is 2.25. The predicted octanol–water partition coefficient (Wildman–Crippen LogP) is 3.78. The molecule has 132 valence electrons. The maximum Gasteiger partial charge on any atom is 0.232 e. The molecular weight excluding hydrogens is 338 g/mol. The van der Waals surface area contributed by atoms with E-state index in [9.17, 15) is 8.78 Å². The zero-order valence-corrected chi connectivity index (χ0v) is 14.5. The van der Waals surface area contributed by atoms with E-state index in [1.165, 1.54) is 12.1 Å². The zero-order chi connectivity index (χ0) is 17.7.